The van der Waals surface area contributed by atoms with Crippen LogP contribution in [0.15, 0.2) is 59.5 Å². The zero-order valence-corrected chi connectivity index (χ0v) is 18.3. The lowest BCUT2D eigenvalue weighted by atomic mass is 10.2. The van der Waals surface area contributed by atoms with Crippen LogP contribution >= 0.6 is 23.4 Å². The maximum atomic E-state index is 12.9. The van der Waals surface area contributed by atoms with Crippen molar-refractivity contribution in [1.29, 1.82) is 0 Å². The van der Waals surface area contributed by atoms with Gasteiger partial charge in [-0.05, 0) is 91.8 Å². The van der Waals surface area contributed by atoms with Gasteiger partial charge < -0.3 is 9.30 Å². The number of benzene rings is 2. The lowest BCUT2D eigenvalue weighted by Crippen LogP contribution is -2.27. The summed E-state index contributed by atoms with van der Waals surface area (Å²) in [5.41, 5.74) is 4.41. The van der Waals surface area contributed by atoms with Crippen LogP contribution in [0.3, 0.4) is 0 Å². The van der Waals surface area contributed by atoms with Crippen molar-refractivity contribution in [1.82, 2.24) is 4.57 Å². The van der Waals surface area contributed by atoms with Crippen LogP contribution in [0.25, 0.3) is 11.8 Å². The van der Waals surface area contributed by atoms with E-state index in [1.165, 1.54) is 4.90 Å². The molecule has 30 heavy (non-hydrogen) atoms. The molecule has 1 aromatic heterocycles. The first kappa shape index (κ1) is 20.3. The maximum Gasteiger partial charge on any atom is 0.298 e. The number of methoxy groups -OCH3 is 1. The predicted octanol–water partition coefficient (Wildman–Crippen LogP) is 6.00. The van der Waals surface area contributed by atoms with Crippen LogP contribution in [0.1, 0.15) is 17.0 Å². The van der Waals surface area contributed by atoms with Gasteiger partial charge in [-0.25, -0.2) is 4.90 Å². The fraction of sp³-hybridized carbons (Fsp3) is 0.130. The lowest BCUT2D eigenvalue weighted by molar-refractivity contribution is -0.113. The summed E-state index contributed by atoms with van der Waals surface area (Å²) in [6.07, 6.45) is 1.78. The van der Waals surface area contributed by atoms with Crippen LogP contribution in [0, 0.1) is 13.8 Å². The van der Waals surface area contributed by atoms with Gasteiger partial charge in [0.15, 0.2) is 0 Å². The van der Waals surface area contributed by atoms with Crippen LogP contribution in [0.5, 0.6) is 5.75 Å². The number of hydrogen-bond donors (Lipinski definition) is 0. The molecule has 0 spiro atoms. The van der Waals surface area contributed by atoms with Gasteiger partial charge in [0, 0.05) is 22.1 Å². The van der Waals surface area contributed by atoms with E-state index >= 15 is 0 Å². The van der Waals surface area contributed by atoms with E-state index < -0.39 is 0 Å². The molecule has 0 unspecified atom stereocenters. The van der Waals surface area contributed by atoms with Crippen molar-refractivity contribution in [3.8, 4) is 11.4 Å². The zero-order chi connectivity index (χ0) is 21.4. The number of thioether (sulfide) groups is 1. The molecule has 0 N–H and O–H groups in total. The second kappa shape index (κ2) is 8.05. The molecule has 0 bridgehead atoms. The summed E-state index contributed by atoms with van der Waals surface area (Å²) >= 11 is 6.85. The molecule has 0 aliphatic carbocycles. The number of halogens is 1. The highest BCUT2D eigenvalue weighted by molar-refractivity contribution is 8.19. The second-order valence-electron chi connectivity index (χ2n) is 6.85. The van der Waals surface area contributed by atoms with E-state index in [9.17, 15) is 9.59 Å². The van der Waals surface area contributed by atoms with Gasteiger partial charge >= 0.3 is 0 Å². The Hall–Kier alpha value is -2.96. The van der Waals surface area contributed by atoms with Crippen LogP contribution in [0.4, 0.5) is 10.5 Å². The van der Waals surface area contributed by atoms with Gasteiger partial charge in [-0.15, -0.1) is 0 Å². The summed E-state index contributed by atoms with van der Waals surface area (Å²) in [4.78, 5) is 27.0. The molecule has 152 valence electrons. The van der Waals surface area contributed by atoms with Gasteiger partial charge in [0.1, 0.15) is 5.75 Å². The molecule has 2 amide bonds. The summed E-state index contributed by atoms with van der Waals surface area (Å²) in [5, 5.41) is 0.227. The van der Waals surface area contributed by atoms with Gasteiger partial charge in [-0.1, -0.05) is 11.6 Å². The Bertz CT molecular complexity index is 1160. The molecule has 7 heteroatoms. The topological polar surface area (TPSA) is 51.5 Å². The number of imide groups is 1. The Morgan fingerprint density at radius 3 is 2.23 bits per heavy atom. The molecule has 1 aliphatic rings. The van der Waals surface area contributed by atoms with Gasteiger partial charge in [-0.3, -0.25) is 9.59 Å². The van der Waals surface area contributed by atoms with E-state index in [0.717, 1.165) is 40.2 Å². The Balaban J connectivity index is 1.67. The van der Waals surface area contributed by atoms with E-state index in [0.29, 0.717) is 15.6 Å². The summed E-state index contributed by atoms with van der Waals surface area (Å²) in [7, 11) is 1.64. The minimum absolute atomic E-state index is 0.322. The molecule has 0 atom stereocenters. The number of hydrogen-bond acceptors (Lipinski definition) is 4. The Morgan fingerprint density at radius 1 is 0.967 bits per heavy atom. The molecular formula is C23H19ClN2O3S. The van der Waals surface area contributed by atoms with Gasteiger partial charge in [0.05, 0.1) is 17.7 Å². The number of anilines is 1. The van der Waals surface area contributed by atoms with E-state index in [2.05, 4.69) is 4.57 Å². The highest BCUT2D eigenvalue weighted by Gasteiger charge is 2.36. The maximum absolute atomic E-state index is 12.9. The molecule has 5 nitrogen and oxygen atoms in total. The van der Waals surface area contributed by atoms with Gasteiger partial charge in [-0.2, -0.15) is 0 Å². The van der Waals surface area contributed by atoms with Crippen molar-refractivity contribution in [2.75, 3.05) is 12.0 Å². The van der Waals surface area contributed by atoms with Crippen molar-refractivity contribution in [2.24, 2.45) is 0 Å². The molecule has 3 aromatic rings. The Labute approximate surface area is 183 Å². The number of carbonyl (C=O) groups is 2. The minimum atomic E-state index is -0.332. The predicted molar refractivity (Wildman–Crippen MR) is 122 cm³/mol. The fourth-order valence-corrected chi connectivity index (χ4v) is 4.44. The monoisotopic (exact) mass is 438 g/mol. The molecule has 4 rings (SSSR count). The molecular weight excluding hydrogens is 420 g/mol. The highest BCUT2D eigenvalue weighted by atomic mass is 35.5. The fourth-order valence-electron chi connectivity index (χ4n) is 3.48. The quantitative estimate of drug-likeness (QED) is 0.469. The summed E-state index contributed by atoms with van der Waals surface area (Å²) < 4.78 is 7.34. The van der Waals surface area contributed by atoms with Crippen molar-refractivity contribution >= 4 is 46.3 Å². The van der Waals surface area contributed by atoms with Gasteiger partial charge in [0.2, 0.25) is 0 Å². The standard InChI is InChI=1S/C23H19ClN2O3S/c1-14-12-16(15(2)25(14)18-8-10-20(29-3)11-9-18)13-21-22(27)26(23(28)30-21)19-6-4-17(24)5-7-19/h4-13H,1-3H3/b21-13+. The summed E-state index contributed by atoms with van der Waals surface area (Å²) in [6, 6.07) is 16.4. The minimum Gasteiger partial charge on any atom is -0.497 e. The molecule has 2 heterocycles. The number of aromatic nitrogens is 1. The first-order valence-electron chi connectivity index (χ1n) is 9.26. The van der Waals surface area contributed by atoms with E-state index in [1.807, 2.05) is 44.2 Å². The lowest BCUT2D eigenvalue weighted by Gasteiger charge is -2.12. The third kappa shape index (κ3) is 3.64. The molecule has 1 fully saturated rings. The average molecular weight is 439 g/mol. The van der Waals surface area contributed by atoms with Crippen molar-refractivity contribution in [3.05, 3.63) is 81.5 Å². The van der Waals surface area contributed by atoms with Crippen molar-refractivity contribution in [3.63, 3.8) is 0 Å². The van der Waals surface area contributed by atoms with E-state index in [-0.39, 0.29) is 11.1 Å². The zero-order valence-electron chi connectivity index (χ0n) is 16.7. The molecule has 0 radical (unpaired) electrons. The largest absolute Gasteiger partial charge is 0.497 e. The highest BCUT2D eigenvalue weighted by Crippen LogP contribution is 2.37. The van der Waals surface area contributed by atoms with Crippen LogP contribution < -0.4 is 9.64 Å². The molecule has 2 aromatic carbocycles. The SMILES string of the molecule is COc1ccc(-n2c(C)cc(/C=C3/SC(=O)N(c4ccc(Cl)cc4)C3=O)c2C)cc1. The third-order valence-corrected chi connectivity index (χ3v) is 6.09. The number of rotatable bonds is 4. The van der Waals surface area contributed by atoms with Crippen LogP contribution in [-0.2, 0) is 4.79 Å². The Kier molecular flexibility index (Phi) is 5.45. The van der Waals surface area contributed by atoms with Crippen molar-refractivity contribution in [2.45, 2.75) is 13.8 Å². The van der Waals surface area contributed by atoms with Gasteiger partial charge in [0.25, 0.3) is 11.1 Å². The summed E-state index contributed by atoms with van der Waals surface area (Å²) in [6.45, 7) is 4.00. The third-order valence-electron chi connectivity index (χ3n) is 4.97. The number of carbonyl (C=O) groups excluding carboxylic acids is 2. The van der Waals surface area contributed by atoms with E-state index in [4.69, 9.17) is 16.3 Å². The normalized spacial score (nSPS) is 15.3. The molecule has 1 saturated heterocycles. The van der Waals surface area contributed by atoms with Crippen molar-refractivity contribution < 1.29 is 14.3 Å². The van der Waals surface area contributed by atoms with Crippen LogP contribution in [-0.4, -0.2) is 22.8 Å². The molecule has 1 aliphatic heterocycles. The number of aryl methyl sites for hydroxylation is 1. The average Bonchev–Trinajstić information content (AvgIpc) is 3.17. The first-order chi connectivity index (χ1) is 14.4. The van der Waals surface area contributed by atoms with Crippen LogP contribution in [0.2, 0.25) is 5.02 Å². The smallest absolute Gasteiger partial charge is 0.298 e. The molecule has 0 saturated carbocycles. The Morgan fingerprint density at radius 2 is 1.60 bits per heavy atom. The summed E-state index contributed by atoms with van der Waals surface area (Å²) in [5.74, 6) is 0.457. The number of ether oxygens (including phenoxy) is 1. The number of amides is 2. The first-order valence-corrected chi connectivity index (χ1v) is 10.5. The number of nitrogens with zero attached hydrogens (tertiary/aromatic N) is 2. The van der Waals surface area contributed by atoms with E-state index in [1.54, 1.807) is 37.5 Å². The second-order valence-corrected chi connectivity index (χ2v) is 8.28.